The zero-order chi connectivity index (χ0) is 21.0. The van der Waals surface area contributed by atoms with E-state index < -0.39 is 12.1 Å². The maximum atomic E-state index is 12.8. The lowest BCUT2D eigenvalue weighted by Crippen LogP contribution is -2.36. The molecule has 5 rings (SSSR count). The van der Waals surface area contributed by atoms with Crippen molar-refractivity contribution in [2.75, 3.05) is 34.6 Å². The predicted molar refractivity (Wildman–Crippen MR) is 104 cm³/mol. The van der Waals surface area contributed by atoms with Crippen LogP contribution in [0.1, 0.15) is 44.8 Å². The van der Waals surface area contributed by atoms with Gasteiger partial charge in [-0.3, -0.25) is 4.90 Å². The molecule has 8 nitrogen and oxygen atoms in total. The summed E-state index contributed by atoms with van der Waals surface area (Å²) in [7, 11) is 5.05. The Balaban J connectivity index is 1.70. The van der Waals surface area contributed by atoms with Gasteiger partial charge in [-0.1, -0.05) is 6.07 Å². The van der Waals surface area contributed by atoms with Gasteiger partial charge in [0.15, 0.2) is 11.5 Å². The summed E-state index contributed by atoms with van der Waals surface area (Å²) >= 11 is 0. The number of nitrogens with zero attached hydrogens (tertiary/aromatic N) is 2. The van der Waals surface area contributed by atoms with Gasteiger partial charge in [-0.2, -0.15) is 5.26 Å². The lowest BCUT2D eigenvalue weighted by molar-refractivity contribution is 0.00881. The van der Waals surface area contributed by atoms with Gasteiger partial charge >= 0.3 is 5.97 Å². The van der Waals surface area contributed by atoms with Gasteiger partial charge in [-0.25, -0.2) is 4.79 Å². The van der Waals surface area contributed by atoms with Crippen LogP contribution in [0.15, 0.2) is 18.2 Å². The Kier molecular flexibility index (Phi) is 4.22. The number of esters is 1. The molecule has 0 fully saturated rings. The number of fused-ring (bicyclic) bond motifs is 3. The van der Waals surface area contributed by atoms with Crippen molar-refractivity contribution in [2.24, 2.45) is 0 Å². The van der Waals surface area contributed by atoms with E-state index in [4.69, 9.17) is 23.7 Å². The molecule has 0 radical (unpaired) electrons. The number of cyclic esters (lactones) is 1. The summed E-state index contributed by atoms with van der Waals surface area (Å²) in [6, 6.07) is 7.26. The standard InChI is InChI=1S/C22H20N2O6/c1-24-7-6-11-8-15-20(29-10-28-15)21(27-3)16(11)18(24)19-12-4-5-14(26-2)13(9-23)17(12)22(25)30-19/h4-5,8,18-19H,6-7,10H2,1-3H3/t18-,19?/m1/s1. The van der Waals surface area contributed by atoms with Gasteiger partial charge in [0.1, 0.15) is 23.5 Å². The number of nitriles is 1. The first-order chi connectivity index (χ1) is 14.6. The minimum atomic E-state index is -0.594. The Bertz CT molecular complexity index is 1110. The van der Waals surface area contributed by atoms with Crippen molar-refractivity contribution in [2.45, 2.75) is 18.6 Å². The Morgan fingerprint density at radius 2 is 2.07 bits per heavy atom. The molecule has 3 aliphatic heterocycles. The van der Waals surface area contributed by atoms with E-state index in [1.54, 1.807) is 19.2 Å². The highest BCUT2D eigenvalue weighted by atomic mass is 16.7. The molecule has 0 bridgehead atoms. The highest BCUT2D eigenvalue weighted by molar-refractivity contribution is 5.97. The molecule has 154 valence electrons. The highest BCUT2D eigenvalue weighted by Gasteiger charge is 2.45. The molecule has 0 aromatic heterocycles. The molecular weight excluding hydrogens is 388 g/mol. The molecule has 8 heteroatoms. The van der Waals surface area contributed by atoms with Gasteiger partial charge in [-0.15, -0.1) is 0 Å². The first-order valence-corrected chi connectivity index (χ1v) is 9.60. The second-order valence-corrected chi connectivity index (χ2v) is 7.44. The third-order valence-electron chi connectivity index (χ3n) is 6.01. The normalized spacial score (nSPS) is 21.5. The smallest absolute Gasteiger partial charge is 0.340 e. The molecule has 0 saturated heterocycles. The summed E-state index contributed by atoms with van der Waals surface area (Å²) < 4.78 is 28.1. The van der Waals surface area contributed by atoms with Gasteiger partial charge < -0.3 is 23.7 Å². The maximum Gasteiger partial charge on any atom is 0.340 e. The molecule has 3 heterocycles. The van der Waals surface area contributed by atoms with Crippen LogP contribution < -0.4 is 18.9 Å². The maximum absolute atomic E-state index is 12.8. The molecule has 0 amide bonds. The molecule has 3 aliphatic rings. The predicted octanol–water partition coefficient (Wildman–Crippen LogP) is 2.74. The highest BCUT2D eigenvalue weighted by Crippen LogP contribution is 2.54. The van der Waals surface area contributed by atoms with Crippen molar-refractivity contribution in [3.05, 3.63) is 46.0 Å². The molecule has 1 unspecified atom stereocenters. The topological polar surface area (TPSA) is 90.2 Å². The van der Waals surface area contributed by atoms with E-state index in [0.29, 0.717) is 28.6 Å². The fourth-order valence-electron chi connectivity index (χ4n) is 4.66. The molecule has 0 N–H and O–H groups in total. The number of rotatable bonds is 3. The Labute approximate surface area is 173 Å². The zero-order valence-corrected chi connectivity index (χ0v) is 16.9. The molecule has 30 heavy (non-hydrogen) atoms. The summed E-state index contributed by atoms with van der Waals surface area (Å²) in [5.74, 6) is 1.65. The monoisotopic (exact) mass is 408 g/mol. The van der Waals surface area contributed by atoms with Crippen molar-refractivity contribution in [3.63, 3.8) is 0 Å². The van der Waals surface area contributed by atoms with E-state index in [9.17, 15) is 10.1 Å². The number of hydrogen-bond acceptors (Lipinski definition) is 8. The van der Waals surface area contributed by atoms with Crippen molar-refractivity contribution in [1.82, 2.24) is 4.90 Å². The largest absolute Gasteiger partial charge is 0.495 e. The van der Waals surface area contributed by atoms with E-state index in [2.05, 4.69) is 11.0 Å². The van der Waals surface area contributed by atoms with Gasteiger partial charge in [0, 0.05) is 17.7 Å². The van der Waals surface area contributed by atoms with Crippen LogP contribution in [0.3, 0.4) is 0 Å². The lowest BCUT2D eigenvalue weighted by atomic mass is 9.85. The van der Waals surface area contributed by atoms with E-state index >= 15 is 0 Å². The summed E-state index contributed by atoms with van der Waals surface area (Å²) in [6.45, 7) is 0.909. The molecular formula is C22H20N2O6. The van der Waals surface area contributed by atoms with Crippen molar-refractivity contribution in [3.8, 4) is 29.1 Å². The fraction of sp³-hybridized carbons (Fsp3) is 0.364. The van der Waals surface area contributed by atoms with Gasteiger partial charge in [-0.05, 0) is 31.2 Å². The van der Waals surface area contributed by atoms with Gasteiger partial charge in [0.2, 0.25) is 12.5 Å². The molecule has 0 aliphatic carbocycles. The Morgan fingerprint density at radius 1 is 1.23 bits per heavy atom. The van der Waals surface area contributed by atoms with Gasteiger partial charge in [0.05, 0.1) is 25.8 Å². The van der Waals surface area contributed by atoms with Crippen LogP contribution in [0.5, 0.6) is 23.0 Å². The quantitative estimate of drug-likeness (QED) is 0.716. The minimum absolute atomic E-state index is 0.141. The van der Waals surface area contributed by atoms with Crippen LogP contribution >= 0.6 is 0 Å². The summed E-state index contributed by atoms with van der Waals surface area (Å²) in [5, 5.41) is 9.63. The third-order valence-corrected chi connectivity index (χ3v) is 6.01. The second-order valence-electron chi connectivity index (χ2n) is 7.44. The van der Waals surface area contributed by atoms with E-state index in [1.165, 1.54) is 7.11 Å². The third kappa shape index (κ3) is 2.45. The van der Waals surface area contributed by atoms with Crippen LogP contribution in [0.25, 0.3) is 0 Å². The molecule has 2 aromatic carbocycles. The number of likely N-dealkylation sites (N-methyl/N-ethyl adjacent to an activating group) is 1. The summed E-state index contributed by atoms with van der Waals surface area (Å²) in [5.41, 5.74) is 3.11. The Hall–Kier alpha value is -3.44. The number of ether oxygens (including phenoxy) is 5. The van der Waals surface area contributed by atoms with Crippen LogP contribution in [-0.4, -0.2) is 45.5 Å². The van der Waals surface area contributed by atoms with Crippen LogP contribution in [0.4, 0.5) is 0 Å². The van der Waals surface area contributed by atoms with E-state index in [-0.39, 0.29) is 24.0 Å². The van der Waals surface area contributed by atoms with Crippen LogP contribution in [0, 0.1) is 11.3 Å². The molecule has 0 saturated carbocycles. The second kappa shape index (κ2) is 6.82. The fourth-order valence-corrected chi connectivity index (χ4v) is 4.66. The molecule has 2 aromatic rings. The Morgan fingerprint density at radius 3 is 2.80 bits per heavy atom. The van der Waals surface area contributed by atoms with Crippen LogP contribution in [-0.2, 0) is 11.2 Å². The molecule has 2 atom stereocenters. The average Bonchev–Trinajstić information content (AvgIpc) is 3.35. The van der Waals surface area contributed by atoms with E-state index in [0.717, 1.165) is 24.1 Å². The SMILES string of the molecule is COc1ccc2c(c1C#N)C(=O)OC2[C@H]1c2c(cc3c(c2OC)OCO3)CCN1C. The first-order valence-electron chi connectivity index (χ1n) is 9.60. The van der Waals surface area contributed by atoms with Crippen molar-refractivity contribution < 1.29 is 28.5 Å². The van der Waals surface area contributed by atoms with E-state index in [1.807, 2.05) is 13.1 Å². The number of hydrogen-bond donors (Lipinski definition) is 0. The minimum Gasteiger partial charge on any atom is -0.495 e. The zero-order valence-electron chi connectivity index (χ0n) is 16.9. The number of methoxy groups -OCH3 is 2. The van der Waals surface area contributed by atoms with Crippen molar-refractivity contribution >= 4 is 5.97 Å². The van der Waals surface area contributed by atoms with Crippen molar-refractivity contribution in [1.29, 1.82) is 5.26 Å². The number of benzene rings is 2. The molecule has 0 spiro atoms. The van der Waals surface area contributed by atoms with Gasteiger partial charge in [0.25, 0.3) is 0 Å². The van der Waals surface area contributed by atoms with Crippen LogP contribution in [0.2, 0.25) is 0 Å². The lowest BCUT2D eigenvalue weighted by Gasteiger charge is -2.38. The number of carbonyl (C=O) groups excluding carboxylic acids is 1. The first kappa shape index (κ1) is 18.6. The summed E-state index contributed by atoms with van der Waals surface area (Å²) in [6.07, 6.45) is 0.207. The average molecular weight is 408 g/mol. The number of carbonyl (C=O) groups is 1. The summed E-state index contributed by atoms with van der Waals surface area (Å²) in [4.78, 5) is 14.9.